The van der Waals surface area contributed by atoms with E-state index in [4.69, 9.17) is 10.7 Å². The minimum absolute atomic E-state index is 0.181. The van der Waals surface area contributed by atoms with Crippen molar-refractivity contribution in [2.45, 2.75) is 19.9 Å². The molecular weight excluding hydrogens is 244 g/mol. The van der Waals surface area contributed by atoms with Gasteiger partial charge in [0.25, 0.3) is 0 Å². The molecule has 0 saturated heterocycles. The van der Waals surface area contributed by atoms with Crippen LogP contribution in [0.15, 0.2) is 54.6 Å². The molecule has 2 heteroatoms. The SMILES string of the molecule is Cc1ccc(C)c(C(N)c2ccc3ccccc3n2)c1. The number of benzene rings is 2. The first-order valence-corrected chi connectivity index (χ1v) is 6.83. The zero-order valence-corrected chi connectivity index (χ0v) is 11.8. The fourth-order valence-electron chi connectivity index (χ4n) is 2.51. The van der Waals surface area contributed by atoms with Crippen LogP contribution in [-0.4, -0.2) is 4.98 Å². The van der Waals surface area contributed by atoms with E-state index in [1.54, 1.807) is 0 Å². The third-order valence-corrected chi connectivity index (χ3v) is 3.71. The highest BCUT2D eigenvalue weighted by Gasteiger charge is 2.13. The summed E-state index contributed by atoms with van der Waals surface area (Å²) >= 11 is 0. The van der Waals surface area contributed by atoms with Gasteiger partial charge in [0.2, 0.25) is 0 Å². The molecule has 1 atom stereocenters. The summed E-state index contributed by atoms with van der Waals surface area (Å²) in [5.41, 5.74) is 11.9. The van der Waals surface area contributed by atoms with Crippen LogP contribution in [0.1, 0.15) is 28.4 Å². The van der Waals surface area contributed by atoms with Crippen molar-refractivity contribution in [2.75, 3.05) is 0 Å². The summed E-state index contributed by atoms with van der Waals surface area (Å²) in [5, 5.41) is 1.14. The zero-order chi connectivity index (χ0) is 14.1. The molecule has 2 nitrogen and oxygen atoms in total. The van der Waals surface area contributed by atoms with E-state index in [1.165, 1.54) is 11.1 Å². The maximum atomic E-state index is 6.41. The average molecular weight is 262 g/mol. The van der Waals surface area contributed by atoms with E-state index >= 15 is 0 Å². The van der Waals surface area contributed by atoms with E-state index in [0.29, 0.717) is 0 Å². The maximum absolute atomic E-state index is 6.41. The van der Waals surface area contributed by atoms with Crippen LogP contribution in [0.3, 0.4) is 0 Å². The first-order chi connectivity index (χ1) is 9.65. The topological polar surface area (TPSA) is 38.9 Å². The minimum Gasteiger partial charge on any atom is -0.319 e. The maximum Gasteiger partial charge on any atom is 0.0729 e. The molecule has 0 bridgehead atoms. The highest BCUT2D eigenvalue weighted by atomic mass is 14.8. The largest absolute Gasteiger partial charge is 0.319 e. The van der Waals surface area contributed by atoms with Gasteiger partial charge >= 0.3 is 0 Å². The first kappa shape index (κ1) is 12.8. The summed E-state index contributed by atoms with van der Waals surface area (Å²) < 4.78 is 0. The number of para-hydroxylation sites is 1. The van der Waals surface area contributed by atoms with Gasteiger partial charge in [0, 0.05) is 5.39 Å². The van der Waals surface area contributed by atoms with Crippen molar-refractivity contribution in [1.82, 2.24) is 4.98 Å². The van der Waals surface area contributed by atoms with E-state index in [0.717, 1.165) is 22.2 Å². The van der Waals surface area contributed by atoms with E-state index in [9.17, 15) is 0 Å². The molecule has 3 aromatic rings. The molecule has 0 fully saturated rings. The molecule has 0 saturated carbocycles. The quantitative estimate of drug-likeness (QED) is 0.760. The average Bonchev–Trinajstić information content (AvgIpc) is 2.48. The Morgan fingerprint density at radius 3 is 2.60 bits per heavy atom. The van der Waals surface area contributed by atoms with Gasteiger partial charge in [-0.05, 0) is 37.1 Å². The van der Waals surface area contributed by atoms with Crippen molar-refractivity contribution in [2.24, 2.45) is 5.73 Å². The second-order valence-corrected chi connectivity index (χ2v) is 5.27. The van der Waals surface area contributed by atoms with E-state index in [2.05, 4.69) is 44.2 Å². The van der Waals surface area contributed by atoms with E-state index in [-0.39, 0.29) is 6.04 Å². The molecule has 100 valence electrons. The summed E-state index contributed by atoms with van der Waals surface area (Å²) in [4.78, 5) is 4.70. The van der Waals surface area contributed by atoms with Gasteiger partial charge in [0.15, 0.2) is 0 Å². The predicted octanol–water partition coefficient (Wildman–Crippen LogP) is 3.90. The van der Waals surface area contributed by atoms with Crippen LogP contribution in [-0.2, 0) is 0 Å². The van der Waals surface area contributed by atoms with E-state index in [1.807, 2.05) is 24.3 Å². The van der Waals surface area contributed by atoms with Gasteiger partial charge in [-0.2, -0.15) is 0 Å². The van der Waals surface area contributed by atoms with Crippen molar-refractivity contribution < 1.29 is 0 Å². The summed E-state index contributed by atoms with van der Waals surface area (Å²) in [5.74, 6) is 0. The lowest BCUT2D eigenvalue weighted by Gasteiger charge is -2.15. The number of aromatic nitrogens is 1. The molecule has 0 radical (unpaired) electrons. The molecule has 0 amide bonds. The Balaban J connectivity index is 2.07. The summed E-state index contributed by atoms with van der Waals surface area (Å²) in [6.45, 7) is 4.18. The van der Waals surface area contributed by atoms with Gasteiger partial charge in [-0.3, -0.25) is 4.98 Å². The van der Waals surface area contributed by atoms with Gasteiger partial charge in [-0.1, -0.05) is 48.0 Å². The van der Waals surface area contributed by atoms with Crippen LogP contribution >= 0.6 is 0 Å². The van der Waals surface area contributed by atoms with Gasteiger partial charge in [0.1, 0.15) is 0 Å². The molecular formula is C18H18N2. The van der Waals surface area contributed by atoms with Crippen molar-refractivity contribution in [3.8, 4) is 0 Å². The number of pyridine rings is 1. The van der Waals surface area contributed by atoms with Gasteiger partial charge in [-0.25, -0.2) is 0 Å². The van der Waals surface area contributed by atoms with Gasteiger partial charge in [-0.15, -0.1) is 0 Å². The lowest BCUT2D eigenvalue weighted by molar-refractivity contribution is 0.826. The highest BCUT2D eigenvalue weighted by Crippen LogP contribution is 2.24. The number of hydrogen-bond donors (Lipinski definition) is 1. The Morgan fingerprint density at radius 2 is 1.75 bits per heavy atom. The predicted molar refractivity (Wildman–Crippen MR) is 83.7 cm³/mol. The normalized spacial score (nSPS) is 12.6. The van der Waals surface area contributed by atoms with Crippen molar-refractivity contribution >= 4 is 10.9 Å². The second-order valence-electron chi connectivity index (χ2n) is 5.27. The highest BCUT2D eigenvalue weighted by molar-refractivity contribution is 5.78. The van der Waals surface area contributed by atoms with Gasteiger partial charge in [0.05, 0.1) is 17.3 Å². The van der Waals surface area contributed by atoms with Crippen molar-refractivity contribution in [1.29, 1.82) is 0 Å². The lowest BCUT2D eigenvalue weighted by atomic mass is 9.97. The van der Waals surface area contributed by atoms with Crippen molar-refractivity contribution in [3.63, 3.8) is 0 Å². The van der Waals surface area contributed by atoms with Crippen molar-refractivity contribution in [3.05, 3.63) is 77.0 Å². The molecule has 2 aromatic carbocycles. The van der Waals surface area contributed by atoms with E-state index < -0.39 is 0 Å². The Morgan fingerprint density at radius 1 is 0.950 bits per heavy atom. The lowest BCUT2D eigenvalue weighted by Crippen LogP contribution is -2.15. The number of rotatable bonds is 2. The third kappa shape index (κ3) is 2.30. The van der Waals surface area contributed by atoms with Crippen LogP contribution in [0.25, 0.3) is 10.9 Å². The van der Waals surface area contributed by atoms with Crippen LogP contribution in [0.4, 0.5) is 0 Å². The molecule has 1 aromatic heterocycles. The molecule has 0 aliphatic heterocycles. The standard InChI is InChI=1S/C18H18N2/c1-12-7-8-13(2)15(11-12)18(19)17-10-9-14-5-3-4-6-16(14)20-17/h3-11,18H,19H2,1-2H3. The van der Waals surface area contributed by atoms with Crippen LogP contribution in [0.5, 0.6) is 0 Å². The molecule has 2 N–H and O–H groups in total. The number of nitrogens with zero attached hydrogens (tertiary/aromatic N) is 1. The van der Waals surface area contributed by atoms with Crippen LogP contribution in [0, 0.1) is 13.8 Å². The fraction of sp³-hybridized carbons (Fsp3) is 0.167. The van der Waals surface area contributed by atoms with Gasteiger partial charge < -0.3 is 5.73 Å². The molecule has 0 aliphatic carbocycles. The molecule has 20 heavy (non-hydrogen) atoms. The summed E-state index contributed by atoms with van der Waals surface area (Å²) in [6, 6.07) is 18.4. The fourth-order valence-corrected chi connectivity index (χ4v) is 2.51. The number of hydrogen-bond acceptors (Lipinski definition) is 2. The Labute approximate surface area is 119 Å². The molecule has 0 aliphatic rings. The molecule has 0 spiro atoms. The number of aryl methyl sites for hydroxylation is 2. The summed E-state index contributed by atoms with van der Waals surface area (Å²) in [7, 11) is 0. The smallest absolute Gasteiger partial charge is 0.0729 e. The Hall–Kier alpha value is -2.19. The molecule has 1 unspecified atom stereocenters. The van der Waals surface area contributed by atoms with Crippen LogP contribution in [0.2, 0.25) is 0 Å². The Kier molecular flexibility index (Phi) is 3.25. The first-order valence-electron chi connectivity index (χ1n) is 6.83. The second kappa shape index (κ2) is 5.06. The molecule has 1 heterocycles. The monoisotopic (exact) mass is 262 g/mol. The zero-order valence-electron chi connectivity index (χ0n) is 11.8. The number of nitrogens with two attached hydrogens (primary N) is 1. The minimum atomic E-state index is -0.181. The third-order valence-electron chi connectivity index (χ3n) is 3.71. The number of fused-ring (bicyclic) bond motifs is 1. The molecule has 3 rings (SSSR count). The summed E-state index contributed by atoms with van der Waals surface area (Å²) in [6.07, 6.45) is 0. The Bertz CT molecular complexity index is 762. The van der Waals surface area contributed by atoms with Crippen LogP contribution < -0.4 is 5.73 Å².